The average Bonchev–Trinajstić information content (AvgIpc) is 3.24. The van der Waals surface area contributed by atoms with Crippen molar-refractivity contribution in [2.45, 2.75) is 123 Å². The molecule has 0 spiro atoms. The first-order valence-electron chi connectivity index (χ1n) is 22.4. The van der Waals surface area contributed by atoms with E-state index in [2.05, 4.69) is 218 Å². The van der Waals surface area contributed by atoms with Crippen LogP contribution in [0.15, 0.2) is 121 Å². The van der Waals surface area contributed by atoms with E-state index in [4.69, 9.17) is 4.74 Å². The summed E-state index contributed by atoms with van der Waals surface area (Å²) in [7, 11) is 0. The predicted octanol–water partition coefficient (Wildman–Crippen LogP) is 15.9. The molecule has 0 radical (unpaired) electrons. The largest absolute Gasteiger partial charge is 0.463 e. The first-order valence-corrected chi connectivity index (χ1v) is 22.4. The van der Waals surface area contributed by atoms with Gasteiger partial charge < -0.3 is 4.74 Å². The lowest BCUT2D eigenvalue weighted by molar-refractivity contribution is -0.129. The van der Waals surface area contributed by atoms with Crippen LogP contribution in [0, 0.1) is 104 Å². The smallest absolute Gasteiger partial charge is 0.293 e. The standard InChI is InChI=1S/C18H20O2.C17H20.C16H18.C10H14/c1-13-4-6-16(8-15(13)3)9-17-7-5-14(2)18(10-17)11-20-12-19;1-12-5-7-16(9-14(12)3)11-17-8-6-13(2)15(4)10-17;1-11-5-7-15(9-13(11)3)16-8-6-12(2)14(4)10-16;1-7-5-9(3)10(4)6-8(7)2/h4-8,10,12H,9,11H2,1-3H3;5-10H,11H2,1-4H3;5-10H,1-4H3;5-6H,1-4H3. The zero-order valence-corrected chi connectivity index (χ0v) is 41.1. The summed E-state index contributed by atoms with van der Waals surface area (Å²) in [6.45, 7) is 33.1. The highest BCUT2D eigenvalue weighted by Gasteiger charge is 2.05. The van der Waals surface area contributed by atoms with Crippen molar-refractivity contribution in [3.63, 3.8) is 0 Å². The quantitative estimate of drug-likeness (QED) is 0.143. The minimum Gasteiger partial charge on any atom is -0.463 e. The normalized spacial score (nSPS) is 10.4. The van der Waals surface area contributed by atoms with Gasteiger partial charge in [-0.05, 0) is 239 Å². The van der Waals surface area contributed by atoms with Crippen LogP contribution in [0.25, 0.3) is 11.1 Å². The highest BCUT2D eigenvalue weighted by Crippen LogP contribution is 2.25. The van der Waals surface area contributed by atoms with Gasteiger partial charge in [0.25, 0.3) is 6.47 Å². The van der Waals surface area contributed by atoms with Gasteiger partial charge >= 0.3 is 0 Å². The van der Waals surface area contributed by atoms with Crippen LogP contribution in [0.4, 0.5) is 0 Å². The summed E-state index contributed by atoms with van der Waals surface area (Å²) in [5.74, 6) is 0. The molecule has 0 bridgehead atoms. The SMILES string of the molecule is Cc1cc(C)c(C)cc1C.Cc1ccc(-c2ccc(C)c(C)c2)cc1C.Cc1ccc(Cc2ccc(C)c(C)c2)cc1C.Cc1ccc(Cc2ccc(C)c(COC=O)c2)cc1C. The van der Waals surface area contributed by atoms with E-state index in [1.54, 1.807) is 0 Å². The zero-order valence-electron chi connectivity index (χ0n) is 41.1. The van der Waals surface area contributed by atoms with Crippen LogP contribution in [0.1, 0.15) is 111 Å². The van der Waals surface area contributed by atoms with Crippen molar-refractivity contribution in [3.05, 3.63) is 233 Å². The molecule has 63 heavy (non-hydrogen) atoms. The maximum atomic E-state index is 10.3. The first kappa shape index (κ1) is 49.7. The van der Waals surface area contributed by atoms with Gasteiger partial charge in [-0.25, -0.2) is 0 Å². The van der Waals surface area contributed by atoms with Crippen LogP contribution in [0.3, 0.4) is 0 Å². The third-order valence-corrected chi connectivity index (χ3v) is 12.7. The number of aryl methyl sites for hydroxylation is 15. The Hall–Kier alpha value is -5.99. The number of rotatable bonds is 8. The number of ether oxygens (including phenoxy) is 1. The molecule has 0 fully saturated rings. The van der Waals surface area contributed by atoms with E-state index in [0.29, 0.717) is 13.1 Å². The molecule has 2 heteroatoms. The molecule has 0 amide bonds. The topological polar surface area (TPSA) is 26.3 Å². The molecule has 0 heterocycles. The summed E-state index contributed by atoms with van der Waals surface area (Å²) in [5, 5.41) is 0. The molecular formula is C61H72O2. The number of hydrogen-bond acceptors (Lipinski definition) is 2. The van der Waals surface area contributed by atoms with Gasteiger partial charge in [-0.3, -0.25) is 4.79 Å². The molecule has 0 saturated carbocycles. The van der Waals surface area contributed by atoms with Crippen LogP contribution >= 0.6 is 0 Å². The van der Waals surface area contributed by atoms with Crippen LogP contribution in [-0.2, 0) is 29.0 Å². The van der Waals surface area contributed by atoms with Gasteiger partial charge in [-0.15, -0.1) is 0 Å². The fraction of sp³-hybridized carbons (Fsp3) is 0.295. The molecule has 0 saturated heterocycles. The Morgan fingerprint density at radius 1 is 0.302 bits per heavy atom. The van der Waals surface area contributed by atoms with Gasteiger partial charge in [0.05, 0.1) is 0 Å². The van der Waals surface area contributed by atoms with Gasteiger partial charge in [-0.2, -0.15) is 0 Å². The Morgan fingerprint density at radius 2 is 0.571 bits per heavy atom. The number of carbonyl (C=O) groups is 1. The first-order chi connectivity index (χ1) is 29.8. The van der Waals surface area contributed by atoms with Crippen molar-refractivity contribution < 1.29 is 9.53 Å². The minimum absolute atomic E-state index is 0.343. The van der Waals surface area contributed by atoms with E-state index >= 15 is 0 Å². The van der Waals surface area contributed by atoms with Crippen LogP contribution < -0.4 is 0 Å². The second kappa shape index (κ2) is 23.5. The Kier molecular flexibility index (Phi) is 18.5. The molecule has 0 N–H and O–H groups in total. The summed E-state index contributed by atoms with van der Waals surface area (Å²) in [5.41, 5.74) is 29.3. The van der Waals surface area contributed by atoms with Gasteiger partial charge in [0, 0.05) is 0 Å². The van der Waals surface area contributed by atoms with E-state index in [0.717, 1.165) is 24.0 Å². The lowest BCUT2D eigenvalue weighted by Crippen LogP contribution is -1.97. The van der Waals surface area contributed by atoms with E-state index in [-0.39, 0.29) is 0 Å². The lowest BCUT2D eigenvalue weighted by Gasteiger charge is -2.09. The van der Waals surface area contributed by atoms with Gasteiger partial charge in [0.15, 0.2) is 0 Å². The maximum Gasteiger partial charge on any atom is 0.293 e. The predicted molar refractivity (Wildman–Crippen MR) is 272 cm³/mol. The monoisotopic (exact) mass is 837 g/mol. The molecule has 0 atom stereocenters. The van der Waals surface area contributed by atoms with E-state index in [1.165, 1.54) is 111 Å². The van der Waals surface area contributed by atoms with Crippen molar-refractivity contribution in [1.82, 2.24) is 0 Å². The van der Waals surface area contributed by atoms with E-state index in [1.807, 2.05) is 6.92 Å². The third-order valence-electron chi connectivity index (χ3n) is 12.7. The molecule has 0 aliphatic rings. The molecule has 0 aliphatic heterocycles. The van der Waals surface area contributed by atoms with Crippen molar-refractivity contribution in [2.75, 3.05) is 0 Å². The molecule has 0 aliphatic carbocycles. The van der Waals surface area contributed by atoms with Crippen LogP contribution in [0.2, 0.25) is 0 Å². The van der Waals surface area contributed by atoms with Crippen LogP contribution in [-0.4, -0.2) is 6.47 Å². The fourth-order valence-electron chi connectivity index (χ4n) is 7.27. The molecular weight excluding hydrogens is 765 g/mol. The van der Waals surface area contributed by atoms with Crippen molar-refractivity contribution in [3.8, 4) is 11.1 Å². The van der Waals surface area contributed by atoms with E-state index in [9.17, 15) is 4.79 Å². The second-order valence-corrected chi connectivity index (χ2v) is 17.9. The number of carbonyl (C=O) groups excluding carboxylic acids is 1. The summed E-state index contributed by atoms with van der Waals surface area (Å²) in [6.07, 6.45) is 1.93. The Labute approximate surface area is 381 Å². The molecule has 2 nitrogen and oxygen atoms in total. The summed E-state index contributed by atoms with van der Waals surface area (Å²) < 4.78 is 4.86. The molecule has 7 aromatic rings. The molecule has 7 aromatic carbocycles. The Balaban J connectivity index is 0.000000189. The summed E-state index contributed by atoms with van der Waals surface area (Å²) in [4.78, 5) is 10.3. The highest BCUT2D eigenvalue weighted by atomic mass is 16.5. The summed E-state index contributed by atoms with van der Waals surface area (Å²) in [6, 6.07) is 44.2. The molecule has 328 valence electrons. The van der Waals surface area contributed by atoms with Gasteiger partial charge in [0.2, 0.25) is 0 Å². The van der Waals surface area contributed by atoms with Crippen molar-refractivity contribution in [1.29, 1.82) is 0 Å². The van der Waals surface area contributed by atoms with Gasteiger partial charge in [-0.1, -0.05) is 121 Å². The summed E-state index contributed by atoms with van der Waals surface area (Å²) >= 11 is 0. The zero-order chi connectivity index (χ0) is 46.4. The molecule has 7 rings (SSSR count). The van der Waals surface area contributed by atoms with E-state index < -0.39 is 0 Å². The molecule has 0 unspecified atom stereocenters. The van der Waals surface area contributed by atoms with Crippen molar-refractivity contribution >= 4 is 6.47 Å². The van der Waals surface area contributed by atoms with Gasteiger partial charge in [0.1, 0.15) is 6.61 Å². The second-order valence-electron chi connectivity index (χ2n) is 17.9. The number of benzene rings is 7. The maximum absolute atomic E-state index is 10.3. The number of hydrogen-bond donors (Lipinski definition) is 0. The third kappa shape index (κ3) is 15.1. The van der Waals surface area contributed by atoms with Crippen LogP contribution in [0.5, 0.6) is 0 Å². The Morgan fingerprint density at radius 3 is 0.873 bits per heavy atom. The fourth-order valence-corrected chi connectivity index (χ4v) is 7.27. The highest BCUT2D eigenvalue weighted by molar-refractivity contribution is 5.66. The average molecular weight is 837 g/mol. The van der Waals surface area contributed by atoms with Crippen molar-refractivity contribution in [2.24, 2.45) is 0 Å². The Bertz CT molecular complexity index is 2490. The molecule has 0 aromatic heterocycles. The lowest BCUT2D eigenvalue weighted by atomic mass is 9.98. The minimum atomic E-state index is 0.343.